The SMILES string of the molecule is Cc1cc(C(C)(C)C)cc(C)c1NCCC(C)CN. The molecule has 0 amide bonds. The van der Waals surface area contributed by atoms with Crippen LogP contribution in [0.25, 0.3) is 0 Å². The molecule has 0 radical (unpaired) electrons. The Morgan fingerprint density at radius 2 is 1.68 bits per heavy atom. The van der Waals surface area contributed by atoms with Gasteiger partial charge in [0, 0.05) is 12.2 Å². The minimum atomic E-state index is 0.210. The zero-order valence-electron chi connectivity index (χ0n) is 13.4. The summed E-state index contributed by atoms with van der Waals surface area (Å²) in [7, 11) is 0. The van der Waals surface area contributed by atoms with Crippen LogP contribution in [0.15, 0.2) is 12.1 Å². The Kier molecular flexibility index (Phi) is 5.42. The molecule has 19 heavy (non-hydrogen) atoms. The van der Waals surface area contributed by atoms with Crippen molar-refractivity contribution < 1.29 is 0 Å². The van der Waals surface area contributed by atoms with E-state index in [0.29, 0.717) is 5.92 Å². The molecule has 0 aromatic heterocycles. The predicted molar refractivity (Wildman–Crippen MR) is 85.9 cm³/mol. The third kappa shape index (κ3) is 4.54. The van der Waals surface area contributed by atoms with Crippen molar-refractivity contribution in [3.63, 3.8) is 0 Å². The van der Waals surface area contributed by atoms with Crippen LogP contribution in [-0.2, 0) is 5.41 Å². The lowest BCUT2D eigenvalue weighted by Crippen LogP contribution is -2.16. The van der Waals surface area contributed by atoms with E-state index in [1.54, 1.807) is 0 Å². The minimum absolute atomic E-state index is 0.210. The molecule has 0 fully saturated rings. The normalized spacial score (nSPS) is 13.4. The Balaban J connectivity index is 2.80. The zero-order chi connectivity index (χ0) is 14.6. The highest BCUT2D eigenvalue weighted by Gasteiger charge is 2.16. The van der Waals surface area contributed by atoms with Crippen molar-refractivity contribution >= 4 is 5.69 Å². The van der Waals surface area contributed by atoms with Crippen LogP contribution in [0.1, 0.15) is 50.8 Å². The second-order valence-corrected chi connectivity index (χ2v) is 6.79. The Hall–Kier alpha value is -1.02. The molecule has 1 atom stereocenters. The summed E-state index contributed by atoms with van der Waals surface area (Å²) in [4.78, 5) is 0. The summed E-state index contributed by atoms with van der Waals surface area (Å²) in [6.07, 6.45) is 1.12. The number of nitrogens with two attached hydrogens (primary N) is 1. The lowest BCUT2D eigenvalue weighted by molar-refractivity contribution is 0.561. The van der Waals surface area contributed by atoms with Crippen LogP contribution in [0.4, 0.5) is 5.69 Å². The van der Waals surface area contributed by atoms with Gasteiger partial charge in [0.1, 0.15) is 0 Å². The van der Waals surface area contributed by atoms with Crippen LogP contribution in [-0.4, -0.2) is 13.1 Å². The van der Waals surface area contributed by atoms with Gasteiger partial charge in [0.25, 0.3) is 0 Å². The van der Waals surface area contributed by atoms with Crippen LogP contribution >= 0.6 is 0 Å². The van der Waals surface area contributed by atoms with Crippen molar-refractivity contribution in [2.45, 2.75) is 53.4 Å². The van der Waals surface area contributed by atoms with Crippen molar-refractivity contribution in [3.8, 4) is 0 Å². The highest BCUT2D eigenvalue weighted by molar-refractivity contribution is 5.59. The first-order chi connectivity index (χ1) is 8.75. The van der Waals surface area contributed by atoms with Crippen LogP contribution in [0.5, 0.6) is 0 Å². The molecule has 2 nitrogen and oxygen atoms in total. The van der Waals surface area contributed by atoms with E-state index in [1.807, 2.05) is 0 Å². The smallest absolute Gasteiger partial charge is 0.0399 e. The molecule has 108 valence electrons. The van der Waals surface area contributed by atoms with Crippen LogP contribution in [0, 0.1) is 19.8 Å². The van der Waals surface area contributed by atoms with E-state index in [4.69, 9.17) is 5.73 Å². The summed E-state index contributed by atoms with van der Waals surface area (Å²) in [5.41, 5.74) is 11.2. The second-order valence-electron chi connectivity index (χ2n) is 6.79. The zero-order valence-corrected chi connectivity index (χ0v) is 13.4. The summed E-state index contributed by atoms with van der Waals surface area (Å²) in [6.45, 7) is 15.1. The maximum atomic E-state index is 5.65. The maximum absolute atomic E-state index is 5.65. The van der Waals surface area contributed by atoms with Crippen molar-refractivity contribution in [2.75, 3.05) is 18.4 Å². The molecule has 0 spiro atoms. The van der Waals surface area contributed by atoms with Gasteiger partial charge in [0.05, 0.1) is 0 Å². The maximum Gasteiger partial charge on any atom is 0.0399 e. The molecule has 1 rings (SSSR count). The number of nitrogens with one attached hydrogen (secondary N) is 1. The average Bonchev–Trinajstić information content (AvgIpc) is 2.30. The lowest BCUT2D eigenvalue weighted by atomic mass is 9.85. The second kappa shape index (κ2) is 6.42. The van der Waals surface area contributed by atoms with Gasteiger partial charge in [-0.05, 0) is 54.8 Å². The summed E-state index contributed by atoms with van der Waals surface area (Å²) in [5.74, 6) is 0.585. The van der Waals surface area contributed by atoms with Gasteiger partial charge in [-0.15, -0.1) is 0 Å². The first-order valence-electron chi connectivity index (χ1n) is 7.31. The fraction of sp³-hybridized carbons (Fsp3) is 0.647. The van der Waals surface area contributed by atoms with Crippen molar-refractivity contribution in [1.82, 2.24) is 0 Å². The molecule has 1 aromatic rings. The first kappa shape index (κ1) is 16.0. The van der Waals surface area contributed by atoms with Crippen molar-refractivity contribution in [3.05, 3.63) is 28.8 Å². The van der Waals surface area contributed by atoms with E-state index < -0.39 is 0 Å². The van der Waals surface area contributed by atoms with E-state index in [9.17, 15) is 0 Å². The molecule has 0 aliphatic carbocycles. The number of anilines is 1. The van der Waals surface area contributed by atoms with Crippen LogP contribution < -0.4 is 11.1 Å². The lowest BCUT2D eigenvalue weighted by Gasteiger charge is -2.23. The highest BCUT2D eigenvalue weighted by Crippen LogP contribution is 2.29. The molecule has 0 heterocycles. The molecule has 3 N–H and O–H groups in total. The average molecular weight is 262 g/mol. The van der Waals surface area contributed by atoms with Gasteiger partial charge in [0.15, 0.2) is 0 Å². The molecule has 0 aliphatic heterocycles. The number of hydrogen-bond donors (Lipinski definition) is 2. The molecular weight excluding hydrogens is 232 g/mol. The Labute approximate surface area is 118 Å². The molecule has 0 bridgehead atoms. The third-order valence-corrected chi connectivity index (χ3v) is 3.74. The van der Waals surface area contributed by atoms with Gasteiger partial charge < -0.3 is 11.1 Å². The fourth-order valence-corrected chi connectivity index (χ4v) is 2.24. The number of rotatable bonds is 5. The quantitative estimate of drug-likeness (QED) is 0.842. The number of hydrogen-bond acceptors (Lipinski definition) is 2. The first-order valence-corrected chi connectivity index (χ1v) is 7.31. The summed E-state index contributed by atoms with van der Waals surface area (Å²) in [5, 5.41) is 3.57. The van der Waals surface area contributed by atoms with Gasteiger partial charge in [-0.2, -0.15) is 0 Å². The summed E-state index contributed by atoms with van der Waals surface area (Å²) < 4.78 is 0. The number of benzene rings is 1. The minimum Gasteiger partial charge on any atom is -0.385 e. The molecule has 2 heteroatoms. The molecule has 1 aromatic carbocycles. The van der Waals surface area contributed by atoms with Gasteiger partial charge in [-0.25, -0.2) is 0 Å². The fourth-order valence-electron chi connectivity index (χ4n) is 2.24. The van der Waals surface area contributed by atoms with Gasteiger partial charge in [-0.1, -0.05) is 39.8 Å². The Bertz CT molecular complexity index is 393. The Morgan fingerprint density at radius 1 is 1.16 bits per heavy atom. The Morgan fingerprint density at radius 3 is 2.11 bits per heavy atom. The summed E-state index contributed by atoms with van der Waals surface area (Å²) >= 11 is 0. The largest absolute Gasteiger partial charge is 0.385 e. The van der Waals surface area contributed by atoms with E-state index in [0.717, 1.165) is 19.5 Å². The molecule has 1 unspecified atom stereocenters. The van der Waals surface area contributed by atoms with E-state index in [-0.39, 0.29) is 5.41 Å². The van der Waals surface area contributed by atoms with Crippen LogP contribution in [0.2, 0.25) is 0 Å². The van der Waals surface area contributed by atoms with Gasteiger partial charge in [0.2, 0.25) is 0 Å². The van der Waals surface area contributed by atoms with E-state index in [1.165, 1.54) is 22.4 Å². The van der Waals surface area contributed by atoms with E-state index in [2.05, 4.69) is 59.0 Å². The van der Waals surface area contributed by atoms with E-state index >= 15 is 0 Å². The standard InChI is InChI=1S/C17H30N2/c1-12(11-18)7-8-19-16-13(2)9-15(10-14(16)3)17(4,5)6/h9-10,12,19H,7-8,11,18H2,1-6H3. The predicted octanol–water partition coefficient (Wildman–Crippen LogP) is 4.00. The van der Waals surface area contributed by atoms with Crippen molar-refractivity contribution in [2.24, 2.45) is 11.7 Å². The highest BCUT2D eigenvalue weighted by atomic mass is 14.9. The third-order valence-electron chi connectivity index (χ3n) is 3.74. The molecule has 0 aliphatic rings. The van der Waals surface area contributed by atoms with Crippen LogP contribution in [0.3, 0.4) is 0 Å². The molecule has 0 saturated heterocycles. The van der Waals surface area contributed by atoms with Gasteiger partial charge in [-0.3, -0.25) is 0 Å². The monoisotopic (exact) mass is 262 g/mol. The molecule has 0 saturated carbocycles. The number of aryl methyl sites for hydroxylation is 2. The summed E-state index contributed by atoms with van der Waals surface area (Å²) in [6, 6.07) is 4.61. The van der Waals surface area contributed by atoms with Crippen molar-refractivity contribution in [1.29, 1.82) is 0 Å². The van der Waals surface area contributed by atoms with Gasteiger partial charge >= 0.3 is 0 Å². The topological polar surface area (TPSA) is 38.0 Å². The molecular formula is C17H30N2.